The number of allylic oxidation sites excluding steroid dienone is 1. The highest BCUT2D eigenvalue weighted by molar-refractivity contribution is 5.54. The van der Waals surface area contributed by atoms with Crippen LogP contribution in [0.5, 0.6) is 0 Å². The number of benzene rings is 1. The summed E-state index contributed by atoms with van der Waals surface area (Å²) in [7, 11) is 0. The van der Waals surface area contributed by atoms with Gasteiger partial charge in [0.15, 0.2) is 0 Å². The van der Waals surface area contributed by atoms with Gasteiger partial charge in [0.1, 0.15) is 0 Å². The summed E-state index contributed by atoms with van der Waals surface area (Å²) in [6.07, 6.45) is 7.07. The van der Waals surface area contributed by atoms with Gasteiger partial charge in [0.05, 0.1) is 0 Å². The lowest BCUT2D eigenvalue weighted by Crippen LogP contribution is -2.10. The monoisotopic (exact) mass is 186 g/mol. The molecule has 1 aliphatic rings. The molecule has 0 N–H and O–H groups in total. The van der Waals surface area contributed by atoms with Crippen LogP contribution in [0.25, 0.3) is 6.08 Å². The predicted octanol–water partition coefficient (Wildman–Crippen LogP) is 3.92. The minimum absolute atomic E-state index is 0.783. The van der Waals surface area contributed by atoms with Gasteiger partial charge in [0.2, 0.25) is 0 Å². The average molecular weight is 186 g/mol. The van der Waals surface area contributed by atoms with Gasteiger partial charge in [-0.3, -0.25) is 0 Å². The largest absolute Gasteiger partial charge is 0.0836 e. The van der Waals surface area contributed by atoms with Crippen LogP contribution in [0.2, 0.25) is 0 Å². The van der Waals surface area contributed by atoms with Crippen LogP contribution in [0.3, 0.4) is 0 Å². The van der Waals surface area contributed by atoms with Gasteiger partial charge in [-0.2, -0.15) is 0 Å². The van der Waals surface area contributed by atoms with Crippen molar-refractivity contribution in [3.05, 3.63) is 41.5 Å². The molecule has 0 heteroatoms. The van der Waals surface area contributed by atoms with Gasteiger partial charge in [0.25, 0.3) is 0 Å². The average Bonchev–Trinajstić information content (AvgIpc) is 2.39. The first-order valence-electron chi connectivity index (χ1n) is 5.52. The predicted molar refractivity (Wildman–Crippen MR) is 62.1 cm³/mol. The van der Waals surface area contributed by atoms with Gasteiger partial charge in [-0.1, -0.05) is 50.3 Å². The van der Waals surface area contributed by atoms with E-state index in [-0.39, 0.29) is 0 Å². The van der Waals surface area contributed by atoms with Gasteiger partial charge in [-0.25, -0.2) is 0 Å². The van der Waals surface area contributed by atoms with E-state index >= 15 is 0 Å². The van der Waals surface area contributed by atoms with E-state index in [0.29, 0.717) is 0 Å². The fourth-order valence-corrected chi connectivity index (χ4v) is 2.13. The maximum Gasteiger partial charge on any atom is -0.0228 e. The summed E-state index contributed by atoms with van der Waals surface area (Å²) in [5.74, 6) is 1.60. The van der Waals surface area contributed by atoms with Crippen molar-refractivity contribution in [3.8, 4) is 0 Å². The maximum atomic E-state index is 2.33. The third-order valence-corrected chi connectivity index (χ3v) is 3.22. The molecule has 0 radical (unpaired) electrons. The molecule has 1 atom stereocenters. The van der Waals surface area contributed by atoms with Crippen LogP contribution in [0, 0.1) is 11.8 Å². The Morgan fingerprint density at radius 1 is 1.21 bits per heavy atom. The van der Waals surface area contributed by atoms with Crippen molar-refractivity contribution in [1.82, 2.24) is 0 Å². The van der Waals surface area contributed by atoms with E-state index in [1.165, 1.54) is 24.0 Å². The van der Waals surface area contributed by atoms with Crippen LogP contribution in [-0.4, -0.2) is 0 Å². The molecule has 14 heavy (non-hydrogen) atoms. The van der Waals surface area contributed by atoms with E-state index in [2.05, 4.69) is 50.3 Å². The molecule has 1 aromatic carbocycles. The zero-order chi connectivity index (χ0) is 9.97. The highest BCUT2D eigenvalue weighted by Crippen LogP contribution is 2.27. The number of rotatable bonds is 1. The van der Waals surface area contributed by atoms with Gasteiger partial charge in [0, 0.05) is 0 Å². The van der Waals surface area contributed by atoms with E-state index in [9.17, 15) is 0 Å². The molecular weight excluding hydrogens is 168 g/mol. The van der Waals surface area contributed by atoms with Gasteiger partial charge < -0.3 is 0 Å². The molecule has 0 spiro atoms. The first-order chi connectivity index (χ1) is 6.77. The van der Waals surface area contributed by atoms with Crippen molar-refractivity contribution < 1.29 is 0 Å². The number of hydrogen-bond donors (Lipinski definition) is 0. The minimum atomic E-state index is 0.783. The molecule has 0 saturated carbocycles. The summed E-state index contributed by atoms with van der Waals surface area (Å²) in [5.41, 5.74) is 2.93. The van der Waals surface area contributed by atoms with Crippen LogP contribution in [0.4, 0.5) is 0 Å². The fraction of sp³-hybridized carbons (Fsp3) is 0.429. The third-order valence-electron chi connectivity index (χ3n) is 3.22. The summed E-state index contributed by atoms with van der Waals surface area (Å²) in [4.78, 5) is 0. The quantitative estimate of drug-likeness (QED) is 0.623. The zero-order valence-electron chi connectivity index (χ0n) is 9.03. The van der Waals surface area contributed by atoms with Crippen molar-refractivity contribution in [2.75, 3.05) is 0 Å². The molecule has 0 aromatic heterocycles. The Labute approximate surface area is 86.7 Å². The topological polar surface area (TPSA) is 0 Å². The van der Waals surface area contributed by atoms with Crippen LogP contribution in [0.15, 0.2) is 30.3 Å². The fourth-order valence-electron chi connectivity index (χ4n) is 2.13. The summed E-state index contributed by atoms with van der Waals surface area (Å²) in [5, 5.41) is 0. The molecule has 0 nitrogen and oxygen atoms in total. The summed E-state index contributed by atoms with van der Waals surface area (Å²) >= 11 is 0. The molecule has 1 aromatic rings. The van der Waals surface area contributed by atoms with E-state index < -0.39 is 0 Å². The first-order valence-corrected chi connectivity index (χ1v) is 5.52. The summed E-state index contributed by atoms with van der Waals surface area (Å²) < 4.78 is 0. The highest BCUT2D eigenvalue weighted by atomic mass is 14.2. The van der Waals surface area contributed by atoms with Crippen LogP contribution in [-0.2, 0) is 6.42 Å². The van der Waals surface area contributed by atoms with Crippen molar-refractivity contribution >= 4 is 6.08 Å². The second-order valence-corrected chi connectivity index (χ2v) is 4.55. The Hall–Kier alpha value is -1.04. The molecule has 0 bridgehead atoms. The molecule has 1 unspecified atom stereocenters. The molecule has 0 amide bonds. The van der Waals surface area contributed by atoms with Crippen LogP contribution in [0.1, 0.15) is 31.4 Å². The zero-order valence-corrected chi connectivity index (χ0v) is 9.03. The first kappa shape index (κ1) is 9.51. The number of hydrogen-bond acceptors (Lipinski definition) is 0. The molecule has 0 saturated heterocycles. The van der Waals surface area contributed by atoms with Crippen molar-refractivity contribution in [1.29, 1.82) is 0 Å². The SMILES string of the molecule is CC(C)C1CC=Cc2ccccc2C1. The second kappa shape index (κ2) is 4.00. The molecule has 2 rings (SSSR count). The lowest BCUT2D eigenvalue weighted by molar-refractivity contribution is 0.388. The Morgan fingerprint density at radius 2 is 2.00 bits per heavy atom. The Kier molecular flexibility index (Phi) is 2.72. The van der Waals surface area contributed by atoms with E-state index in [0.717, 1.165) is 11.8 Å². The second-order valence-electron chi connectivity index (χ2n) is 4.55. The highest BCUT2D eigenvalue weighted by Gasteiger charge is 2.15. The van der Waals surface area contributed by atoms with Crippen LogP contribution < -0.4 is 0 Å². The molecular formula is C14H18. The van der Waals surface area contributed by atoms with Gasteiger partial charge in [-0.15, -0.1) is 0 Å². The molecule has 74 valence electrons. The molecule has 0 aliphatic heterocycles. The Balaban J connectivity index is 2.29. The molecule has 0 heterocycles. The standard InChI is InChI=1S/C14H18/c1-11(2)13-9-5-8-12-6-3-4-7-14(12)10-13/h3-8,11,13H,9-10H2,1-2H3. The van der Waals surface area contributed by atoms with Gasteiger partial charge in [-0.05, 0) is 35.8 Å². The van der Waals surface area contributed by atoms with Gasteiger partial charge >= 0.3 is 0 Å². The lowest BCUT2D eigenvalue weighted by atomic mass is 9.87. The lowest BCUT2D eigenvalue weighted by Gasteiger charge is -2.18. The Morgan fingerprint density at radius 3 is 2.79 bits per heavy atom. The minimum Gasteiger partial charge on any atom is -0.0836 e. The molecule has 0 fully saturated rings. The van der Waals surface area contributed by atoms with Crippen LogP contribution >= 0.6 is 0 Å². The van der Waals surface area contributed by atoms with E-state index in [1.54, 1.807) is 0 Å². The van der Waals surface area contributed by atoms with E-state index in [4.69, 9.17) is 0 Å². The third kappa shape index (κ3) is 1.89. The normalized spacial score (nSPS) is 20.6. The van der Waals surface area contributed by atoms with Crippen molar-refractivity contribution in [2.24, 2.45) is 11.8 Å². The summed E-state index contributed by atoms with van der Waals surface area (Å²) in [6, 6.07) is 8.75. The van der Waals surface area contributed by atoms with Crippen molar-refractivity contribution in [3.63, 3.8) is 0 Å². The van der Waals surface area contributed by atoms with Crippen molar-refractivity contribution in [2.45, 2.75) is 26.7 Å². The summed E-state index contributed by atoms with van der Waals surface area (Å²) in [6.45, 7) is 4.65. The maximum absolute atomic E-state index is 2.33. The Bertz CT molecular complexity index is 334. The number of fused-ring (bicyclic) bond motifs is 1. The molecule has 1 aliphatic carbocycles. The van der Waals surface area contributed by atoms with E-state index in [1.807, 2.05) is 0 Å². The smallest absolute Gasteiger partial charge is 0.0228 e.